The van der Waals surface area contributed by atoms with E-state index >= 15 is 0 Å². The van der Waals surface area contributed by atoms with Crippen LogP contribution in [0.4, 0.5) is 13.2 Å². The fourth-order valence-electron chi connectivity index (χ4n) is 17.5. The van der Waals surface area contributed by atoms with Crippen LogP contribution in [-0.4, -0.2) is 170 Å². The van der Waals surface area contributed by atoms with E-state index in [1.54, 1.807) is 17.5 Å². The Kier molecular flexibility index (Phi) is 35.6. The van der Waals surface area contributed by atoms with Crippen LogP contribution in [-0.2, 0) is 37.5 Å². The lowest BCUT2D eigenvalue weighted by atomic mass is 9.63. The number of rotatable bonds is 13. The van der Waals surface area contributed by atoms with Crippen LogP contribution < -0.4 is 0 Å². The molecule has 10 heterocycles. The van der Waals surface area contributed by atoms with Gasteiger partial charge >= 0.3 is 6.18 Å². The number of carbonyl (C=O) groups excluding carboxylic acids is 1. The van der Waals surface area contributed by atoms with Crippen molar-refractivity contribution in [1.82, 2.24) is 54.0 Å². The number of hydrogen-bond acceptors (Lipinski definition) is 13. The van der Waals surface area contributed by atoms with Crippen LogP contribution in [0, 0.1) is 96.1 Å². The molecule has 7 aliphatic rings. The van der Waals surface area contributed by atoms with Gasteiger partial charge in [-0.05, 0) is 291 Å². The molecule has 632 valence electrons. The molecule has 7 fully saturated rings. The van der Waals surface area contributed by atoms with Gasteiger partial charge in [-0.25, -0.2) is 4.98 Å². The number of carbonyl (C=O) groups is 1. The van der Waals surface area contributed by atoms with E-state index in [-0.39, 0.29) is 16.9 Å². The summed E-state index contributed by atoms with van der Waals surface area (Å²) in [5.74, 6) is 2.85. The van der Waals surface area contributed by atoms with Crippen LogP contribution in [0.3, 0.4) is 0 Å². The van der Waals surface area contributed by atoms with Crippen LogP contribution in [0.2, 0.25) is 0 Å². The number of alkyl halides is 3. The Bertz CT molecular complexity index is 3390. The van der Waals surface area contributed by atoms with Crippen molar-refractivity contribution >= 4 is 17.2 Å². The molecule has 0 spiro atoms. The zero-order chi connectivity index (χ0) is 83.5. The SMILES string of the molecule is CC(C)(C)C1(C)CCN(CC(F)(F)F)CC1.CC(C)(C)C1(C)CCN(Cc2cccc(C#N)c2)CC1.CC(C)(C)C1(C)CCN(Cc2ccnc(C#N)c2)CC1.CC(C)(C)C1(C)CCN(Cc2cncs2)CC1.CC(C)C1CCN(C(=O)[C@@H]2CCCCN2C(C)C)CC1.CCn1ncc(CN2CCC(C(C)(C)C)CC2)c1C. The molecule has 0 unspecified atom stereocenters. The van der Waals surface area contributed by atoms with Crippen molar-refractivity contribution in [2.75, 3.05) is 91.6 Å². The molecule has 3 aromatic heterocycles. The molecule has 1 aromatic carbocycles. The Morgan fingerprint density at radius 3 is 1.43 bits per heavy atom. The Hall–Kier alpha value is -4.79. The number of nitrogens with zero attached hydrogens (tertiary/aromatic N) is 13. The van der Waals surface area contributed by atoms with Crippen LogP contribution in [0.1, 0.15) is 301 Å². The van der Waals surface area contributed by atoms with E-state index in [0.717, 1.165) is 121 Å². The highest BCUT2D eigenvalue weighted by atomic mass is 32.1. The number of thiazole rings is 1. The van der Waals surface area contributed by atoms with Crippen molar-refractivity contribution in [2.24, 2.45) is 66.5 Å². The first kappa shape index (κ1) is 96.1. The second-order valence-corrected chi connectivity index (χ2v) is 42.6. The minimum atomic E-state index is -4.06. The lowest BCUT2D eigenvalue weighted by Gasteiger charge is -2.48. The summed E-state index contributed by atoms with van der Waals surface area (Å²) in [5, 5.41) is 22.3. The Morgan fingerprint density at radius 1 is 0.562 bits per heavy atom. The fourth-order valence-corrected chi connectivity index (χ4v) is 18.1. The number of piperidine rings is 7. The number of benzene rings is 1. The van der Waals surface area contributed by atoms with Gasteiger partial charge in [0.2, 0.25) is 5.91 Å². The molecule has 7 aliphatic heterocycles. The third-order valence-corrected chi connectivity index (χ3v) is 29.9. The van der Waals surface area contributed by atoms with Crippen LogP contribution in [0.5, 0.6) is 0 Å². The van der Waals surface area contributed by atoms with Crippen LogP contribution in [0.15, 0.2) is 60.5 Å². The summed E-state index contributed by atoms with van der Waals surface area (Å²) in [6, 6.07) is 16.9. The molecule has 4 aromatic rings. The van der Waals surface area contributed by atoms with E-state index in [0.29, 0.717) is 68.6 Å². The molecule has 7 saturated heterocycles. The minimum Gasteiger partial charge on any atom is -0.341 e. The summed E-state index contributed by atoms with van der Waals surface area (Å²) in [4.78, 5) is 38.6. The standard InChI is InChI=1S/C18H26N2.C17H25N3.C17H32N2O.C16H29N3.C14H24N2S.C12H22F3N/c1-17(2,3)18(4)8-10-20(11-9-18)14-16-7-5-6-15(12-16)13-19;1-16(2,3)17(4)6-9-20(10-7-17)13-14-5-8-19-15(11-14)12-18;1-13(2)15-8-11-18(12-9-15)17(20)16-7-5-6-10-19(16)14(3)4;1-6-19-13(2)14(11-17-19)12-18-9-7-15(8-10-18)16(3,4)5;1-13(2,3)14(4)5-7-16(8-6-14)10-12-9-15-11-17-12;1-10(2,3)11(4)5-7-16(8-6-11)9-12(13,14)15/h5-7,12H,8-11,14H2,1-4H3;5,8,11H,6-7,9-10,13H2,1-4H3;13-16H,5-12H2,1-4H3;11,15H,6-10,12H2,1-5H3;9,11H,5-8,10H2,1-4H3;5-9H2,1-4H3/t;;16-;;;/m..0.../s1. The third-order valence-electron chi connectivity index (χ3n) is 29.2. The summed E-state index contributed by atoms with van der Waals surface area (Å²) in [5.41, 5.74) is 11.7. The minimum absolute atomic E-state index is 0.152. The van der Waals surface area contributed by atoms with Crippen LogP contribution >= 0.6 is 11.3 Å². The van der Waals surface area contributed by atoms with Crippen molar-refractivity contribution in [2.45, 2.75) is 320 Å². The van der Waals surface area contributed by atoms with Crippen molar-refractivity contribution < 1.29 is 18.0 Å². The quantitative estimate of drug-likeness (QED) is 0.126. The van der Waals surface area contributed by atoms with Gasteiger partial charge in [0.25, 0.3) is 0 Å². The number of hydrogen-bond donors (Lipinski definition) is 0. The molecule has 0 radical (unpaired) electrons. The number of pyridine rings is 1. The van der Waals surface area contributed by atoms with Gasteiger partial charge in [-0.2, -0.15) is 28.8 Å². The van der Waals surface area contributed by atoms with E-state index in [1.807, 2.05) is 42.0 Å². The summed E-state index contributed by atoms with van der Waals surface area (Å²) in [7, 11) is 0. The number of amides is 1. The van der Waals surface area contributed by atoms with Gasteiger partial charge in [0.05, 0.1) is 35.9 Å². The highest BCUT2D eigenvalue weighted by Gasteiger charge is 2.45. The Morgan fingerprint density at radius 2 is 1.03 bits per heavy atom. The number of halogens is 3. The molecule has 0 bridgehead atoms. The van der Waals surface area contributed by atoms with Crippen molar-refractivity contribution in [3.8, 4) is 12.1 Å². The molecule has 14 nitrogen and oxygen atoms in total. The van der Waals surface area contributed by atoms with Gasteiger partial charge < -0.3 is 4.90 Å². The average molecular weight is 1580 g/mol. The maximum absolute atomic E-state index is 12.8. The van der Waals surface area contributed by atoms with E-state index in [2.05, 4.69) is 247 Å². The van der Waals surface area contributed by atoms with Crippen molar-refractivity contribution in [3.05, 3.63) is 99.0 Å². The topological polar surface area (TPSA) is 131 Å². The fraction of sp³-hybridized carbons (Fsp3) is 0.787. The van der Waals surface area contributed by atoms with Gasteiger partial charge in [0.1, 0.15) is 11.8 Å². The van der Waals surface area contributed by atoms with Gasteiger partial charge in [-0.3, -0.25) is 43.9 Å². The van der Waals surface area contributed by atoms with E-state index < -0.39 is 12.7 Å². The molecular weight excluding hydrogens is 1420 g/mol. The predicted molar refractivity (Wildman–Crippen MR) is 461 cm³/mol. The van der Waals surface area contributed by atoms with E-state index in [9.17, 15) is 18.0 Å². The number of aromatic nitrogens is 4. The third kappa shape index (κ3) is 28.8. The van der Waals surface area contributed by atoms with Gasteiger partial charge in [-0.1, -0.05) is 164 Å². The van der Waals surface area contributed by atoms with Crippen LogP contribution in [0.25, 0.3) is 0 Å². The summed E-state index contributed by atoms with van der Waals surface area (Å²) in [6.45, 7) is 75.8. The molecule has 1 amide bonds. The van der Waals surface area contributed by atoms with E-state index in [4.69, 9.17) is 10.5 Å². The van der Waals surface area contributed by atoms with Crippen molar-refractivity contribution in [3.63, 3.8) is 0 Å². The molecule has 18 heteroatoms. The number of aryl methyl sites for hydroxylation is 1. The highest BCUT2D eigenvalue weighted by Crippen LogP contribution is 2.50. The largest absolute Gasteiger partial charge is 0.401 e. The molecule has 1 atom stereocenters. The molecule has 0 saturated carbocycles. The summed E-state index contributed by atoms with van der Waals surface area (Å²) in [6.07, 6.45) is 19.6. The zero-order valence-corrected chi connectivity index (χ0v) is 76.3. The smallest absolute Gasteiger partial charge is 0.341 e. The monoisotopic (exact) mass is 1570 g/mol. The lowest BCUT2D eigenvalue weighted by molar-refractivity contribution is -0.152. The first-order chi connectivity index (χ1) is 52.0. The predicted octanol–water partition coefficient (Wildman–Crippen LogP) is 21.9. The van der Waals surface area contributed by atoms with Crippen molar-refractivity contribution in [1.29, 1.82) is 10.5 Å². The maximum atomic E-state index is 12.8. The summed E-state index contributed by atoms with van der Waals surface area (Å²) < 4.78 is 38.8. The average Bonchev–Trinajstić information content (AvgIpc) is 1.05. The molecule has 0 aliphatic carbocycles. The summed E-state index contributed by atoms with van der Waals surface area (Å²) >= 11 is 1.77. The first-order valence-electron chi connectivity index (χ1n) is 43.5. The molecule has 11 rings (SSSR count). The second-order valence-electron chi connectivity index (χ2n) is 41.6. The Labute approximate surface area is 685 Å². The molecule has 0 N–H and O–H groups in total. The maximum Gasteiger partial charge on any atom is 0.401 e. The molecule has 112 heavy (non-hydrogen) atoms. The molecular formula is C94H158F3N13OS. The zero-order valence-electron chi connectivity index (χ0n) is 75.5. The first-order valence-corrected chi connectivity index (χ1v) is 44.4. The van der Waals surface area contributed by atoms with E-state index in [1.165, 1.54) is 135 Å². The normalized spacial score (nSPS) is 21.6. The number of nitriles is 2. The van der Waals surface area contributed by atoms with Gasteiger partial charge in [0, 0.05) is 80.4 Å². The Balaban J connectivity index is 0.000000210. The highest BCUT2D eigenvalue weighted by molar-refractivity contribution is 7.09. The van der Waals surface area contributed by atoms with Gasteiger partial charge in [-0.15, -0.1) is 11.3 Å². The van der Waals surface area contributed by atoms with Gasteiger partial charge in [0.15, 0.2) is 0 Å². The second kappa shape index (κ2) is 41.6. The number of likely N-dealkylation sites (tertiary alicyclic amines) is 7. The lowest BCUT2D eigenvalue weighted by Crippen LogP contribution is -2.54.